The number of morpholine rings is 1. The summed E-state index contributed by atoms with van der Waals surface area (Å²) in [6, 6.07) is 3.15. The molecule has 0 spiro atoms. The third-order valence-electron chi connectivity index (χ3n) is 3.01. The summed E-state index contributed by atoms with van der Waals surface area (Å²) < 4.78 is 44.6. The minimum Gasteiger partial charge on any atom is -0.394 e. The molecule has 1 aliphatic heterocycles. The number of nitrogens with zero attached hydrogens (tertiary/aromatic N) is 1. The molecule has 1 N–H and O–H groups in total. The van der Waals surface area contributed by atoms with Gasteiger partial charge in [-0.15, -0.1) is 0 Å². The van der Waals surface area contributed by atoms with Gasteiger partial charge in [0.1, 0.15) is 10.7 Å². The number of aliphatic hydroxyl groups excluding tert-OH is 1. The zero-order valence-electron chi connectivity index (χ0n) is 10.8. The smallest absolute Gasteiger partial charge is 0.244 e. The van der Waals surface area contributed by atoms with E-state index in [1.807, 2.05) is 0 Å². The Balaban J connectivity index is 2.34. The topological polar surface area (TPSA) is 66.8 Å². The third-order valence-corrected chi connectivity index (χ3v) is 5.32. The van der Waals surface area contributed by atoms with Crippen molar-refractivity contribution in [2.45, 2.75) is 24.0 Å². The molecule has 1 saturated heterocycles. The van der Waals surface area contributed by atoms with E-state index in [1.165, 1.54) is 4.31 Å². The monoisotopic (exact) mass is 323 g/mol. The lowest BCUT2D eigenvalue weighted by molar-refractivity contribution is -0.0750. The van der Waals surface area contributed by atoms with Crippen LogP contribution in [0, 0.1) is 5.82 Å². The summed E-state index contributed by atoms with van der Waals surface area (Å²) in [7, 11) is -3.84. The lowest BCUT2D eigenvalue weighted by atomic mass is 10.2. The second-order valence-corrected chi connectivity index (χ2v) is 6.96. The Kier molecular flexibility index (Phi) is 4.66. The number of sulfonamides is 1. The van der Waals surface area contributed by atoms with Gasteiger partial charge in [0.2, 0.25) is 10.0 Å². The molecule has 0 amide bonds. The second-order valence-electron chi connectivity index (χ2n) is 4.65. The van der Waals surface area contributed by atoms with Gasteiger partial charge in [-0.2, -0.15) is 4.31 Å². The maximum absolute atomic E-state index is 13.0. The second kappa shape index (κ2) is 5.95. The van der Waals surface area contributed by atoms with Crippen molar-refractivity contribution in [1.29, 1.82) is 0 Å². The van der Waals surface area contributed by atoms with E-state index < -0.39 is 21.9 Å². The van der Waals surface area contributed by atoms with Crippen LogP contribution < -0.4 is 0 Å². The number of hydrogen-bond acceptors (Lipinski definition) is 4. The molecule has 112 valence electrons. The molecule has 2 unspecified atom stereocenters. The molecular weight excluding hydrogens is 309 g/mol. The van der Waals surface area contributed by atoms with Crippen molar-refractivity contribution in [2.24, 2.45) is 0 Å². The van der Waals surface area contributed by atoms with Crippen molar-refractivity contribution in [3.05, 3.63) is 29.0 Å². The molecule has 1 aromatic carbocycles. The van der Waals surface area contributed by atoms with Gasteiger partial charge in [-0.3, -0.25) is 0 Å². The van der Waals surface area contributed by atoms with Crippen LogP contribution in [0.1, 0.15) is 6.92 Å². The van der Waals surface area contributed by atoms with E-state index in [4.69, 9.17) is 21.4 Å². The molecule has 0 radical (unpaired) electrons. The highest BCUT2D eigenvalue weighted by molar-refractivity contribution is 7.89. The van der Waals surface area contributed by atoms with E-state index in [1.54, 1.807) is 6.92 Å². The van der Waals surface area contributed by atoms with Crippen molar-refractivity contribution in [3.8, 4) is 0 Å². The van der Waals surface area contributed by atoms with Crippen molar-refractivity contribution in [1.82, 2.24) is 4.31 Å². The van der Waals surface area contributed by atoms with Crippen molar-refractivity contribution in [3.63, 3.8) is 0 Å². The van der Waals surface area contributed by atoms with Crippen molar-refractivity contribution < 1.29 is 22.7 Å². The predicted octanol–water partition coefficient (Wildman–Crippen LogP) is 1.25. The molecule has 20 heavy (non-hydrogen) atoms. The van der Waals surface area contributed by atoms with E-state index in [0.717, 1.165) is 18.2 Å². The number of aliphatic hydroxyl groups is 1. The minimum atomic E-state index is -3.84. The minimum absolute atomic E-state index is 0.0386. The maximum atomic E-state index is 13.0. The first kappa shape index (κ1) is 15.7. The van der Waals surface area contributed by atoms with E-state index in [-0.39, 0.29) is 35.7 Å². The number of halogens is 2. The Morgan fingerprint density at radius 1 is 1.50 bits per heavy atom. The van der Waals surface area contributed by atoms with Crippen LogP contribution in [0.15, 0.2) is 23.1 Å². The normalized spacial score (nSPS) is 24.8. The fourth-order valence-corrected chi connectivity index (χ4v) is 4.18. The van der Waals surface area contributed by atoms with E-state index in [0.29, 0.717) is 0 Å². The summed E-state index contributed by atoms with van der Waals surface area (Å²) in [6.07, 6.45) is -0.914. The SMILES string of the molecule is CC1CN(S(=O)(=O)c2ccc(F)cc2Cl)CC(CO)O1. The highest BCUT2D eigenvalue weighted by Crippen LogP contribution is 2.27. The van der Waals surface area contributed by atoms with Crippen LogP contribution in [-0.4, -0.2) is 49.7 Å². The van der Waals surface area contributed by atoms with Gasteiger partial charge in [-0.25, -0.2) is 12.8 Å². The van der Waals surface area contributed by atoms with Crippen LogP contribution in [0.4, 0.5) is 4.39 Å². The fourth-order valence-electron chi connectivity index (χ4n) is 2.12. The standard InChI is InChI=1S/C12H15ClFNO4S/c1-8-5-15(6-10(7-16)19-8)20(17,18)12-3-2-9(14)4-11(12)13/h2-4,8,10,16H,5-7H2,1H3. The van der Waals surface area contributed by atoms with Crippen molar-refractivity contribution >= 4 is 21.6 Å². The molecule has 2 atom stereocenters. The van der Waals surface area contributed by atoms with Gasteiger partial charge in [0, 0.05) is 13.1 Å². The molecule has 1 heterocycles. The average molecular weight is 324 g/mol. The summed E-state index contributed by atoms with van der Waals surface area (Å²) in [4.78, 5) is -0.147. The van der Waals surface area contributed by atoms with E-state index in [2.05, 4.69) is 0 Å². The van der Waals surface area contributed by atoms with Gasteiger partial charge in [-0.05, 0) is 25.1 Å². The van der Waals surface area contributed by atoms with E-state index in [9.17, 15) is 12.8 Å². The van der Waals surface area contributed by atoms with Crippen LogP contribution in [0.2, 0.25) is 5.02 Å². The molecule has 0 saturated carbocycles. The Morgan fingerprint density at radius 2 is 2.20 bits per heavy atom. The largest absolute Gasteiger partial charge is 0.394 e. The highest BCUT2D eigenvalue weighted by atomic mass is 35.5. The molecule has 1 aromatic rings. The lowest BCUT2D eigenvalue weighted by Gasteiger charge is -2.35. The Bertz CT molecular complexity index is 595. The van der Waals surface area contributed by atoms with Crippen LogP contribution in [0.25, 0.3) is 0 Å². The fraction of sp³-hybridized carbons (Fsp3) is 0.500. The number of rotatable bonds is 3. The third kappa shape index (κ3) is 3.12. The molecule has 5 nitrogen and oxygen atoms in total. The summed E-state index contributed by atoms with van der Waals surface area (Å²) in [5.41, 5.74) is 0. The zero-order chi connectivity index (χ0) is 14.9. The zero-order valence-corrected chi connectivity index (χ0v) is 12.4. The molecule has 1 aliphatic rings. The lowest BCUT2D eigenvalue weighted by Crippen LogP contribution is -2.50. The average Bonchev–Trinajstić information content (AvgIpc) is 2.37. The van der Waals surface area contributed by atoms with Crippen LogP contribution in [-0.2, 0) is 14.8 Å². The summed E-state index contributed by atoms with van der Waals surface area (Å²) in [5.74, 6) is -0.600. The van der Waals surface area contributed by atoms with Gasteiger partial charge in [0.05, 0.1) is 23.8 Å². The van der Waals surface area contributed by atoms with Crippen LogP contribution in [0.3, 0.4) is 0 Å². The highest BCUT2D eigenvalue weighted by Gasteiger charge is 2.34. The predicted molar refractivity (Wildman–Crippen MR) is 71.6 cm³/mol. The molecule has 0 aliphatic carbocycles. The molecule has 0 aromatic heterocycles. The summed E-state index contributed by atoms with van der Waals surface area (Å²) in [5, 5.41) is 8.97. The van der Waals surface area contributed by atoms with Gasteiger partial charge in [-0.1, -0.05) is 11.6 Å². The summed E-state index contributed by atoms with van der Waals surface area (Å²) >= 11 is 5.81. The first-order valence-corrected chi connectivity index (χ1v) is 7.88. The molecule has 1 fully saturated rings. The molecular formula is C12H15ClFNO4S. The van der Waals surface area contributed by atoms with Gasteiger partial charge in [0.25, 0.3) is 0 Å². The van der Waals surface area contributed by atoms with E-state index >= 15 is 0 Å². The number of benzene rings is 1. The Morgan fingerprint density at radius 3 is 2.80 bits per heavy atom. The Hall–Kier alpha value is -0.730. The van der Waals surface area contributed by atoms with Crippen molar-refractivity contribution in [2.75, 3.05) is 19.7 Å². The summed E-state index contributed by atoms with van der Waals surface area (Å²) in [6.45, 7) is 1.65. The number of hydrogen-bond donors (Lipinski definition) is 1. The molecule has 0 bridgehead atoms. The number of ether oxygens (including phenoxy) is 1. The Labute approximate surface area is 122 Å². The molecule has 8 heteroatoms. The first-order valence-electron chi connectivity index (χ1n) is 6.06. The first-order chi connectivity index (χ1) is 9.34. The van der Waals surface area contributed by atoms with Crippen LogP contribution in [0.5, 0.6) is 0 Å². The van der Waals surface area contributed by atoms with Gasteiger partial charge < -0.3 is 9.84 Å². The van der Waals surface area contributed by atoms with Crippen LogP contribution >= 0.6 is 11.6 Å². The van der Waals surface area contributed by atoms with Gasteiger partial charge in [0.15, 0.2) is 0 Å². The molecule has 2 rings (SSSR count). The van der Waals surface area contributed by atoms with Gasteiger partial charge >= 0.3 is 0 Å². The maximum Gasteiger partial charge on any atom is 0.244 e. The quantitative estimate of drug-likeness (QED) is 0.909.